The van der Waals surface area contributed by atoms with Crippen molar-refractivity contribution in [2.75, 3.05) is 19.6 Å². The molecule has 0 aromatic rings. The summed E-state index contributed by atoms with van der Waals surface area (Å²) in [5.41, 5.74) is 5.85. The van der Waals surface area contributed by atoms with Gasteiger partial charge in [0.15, 0.2) is 0 Å². The number of hydrogen-bond acceptors (Lipinski definition) is 3. The van der Waals surface area contributed by atoms with Gasteiger partial charge in [0.05, 0.1) is 6.04 Å². The maximum Gasteiger partial charge on any atom is 0.405 e. The molecule has 0 saturated carbocycles. The molecule has 20 heavy (non-hydrogen) atoms. The third-order valence-corrected chi connectivity index (χ3v) is 3.73. The Hall–Kier alpha value is -0.530. The number of nitrogens with two attached hydrogens (primary N) is 1. The summed E-state index contributed by atoms with van der Waals surface area (Å²) in [6.45, 7) is 5.58. The summed E-state index contributed by atoms with van der Waals surface area (Å²) in [5.74, 6) is -0.594. The van der Waals surface area contributed by atoms with Crippen molar-refractivity contribution in [2.24, 2.45) is 11.1 Å². The van der Waals surface area contributed by atoms with Crippen molar-refractivity contribution < 1.29 is 18.0 Å². The molecule has 0 aliphatic carbocycles. The first-order valence-electron chi connectivity index (χ1n) is 6.37. The van der Waals surface area contributed by atoms with Crippen LogP contribution in [0.2, 0.25) is 0 Å². The van der Waals surface area contributed by atoms with Crippen molar-refractivity contribution in [1.82, 2.24) is 10.2 Å². The van der Waals surface area contributed by atoms with Gasteiger partial charge in [-0.2, -0.15) is 13.2 Å². The summed E-state index contributed by atoms with van der Waals surface area (Å²) in [6.07, 6.45) is -3.64. The fourth-order valence-corrected chi connectivity index (χ4v) is 2.25. The van der Waals surface area contributed by atoms with E-state index in [9.17, 15) is 18.0 Å². The lowest BCUT2D eigenvalue weighted by Gasteiger charge is -2.44. The van der Waals surface area contributed by atoms with Gasteiger partial charge < -0.3 is 11.1 Å². The van der Waals surface area contributed by atoms with Gasteiger partial charge in [-0.15, -0.1) is 12.4 Å². The molecule has 1 heterocycles. The highest BCUT2D eigenvalue weighted by atomic mass is 35.5. The number of halogens is 4. The predicted octanol–water partition coefficient (Wildman–Crippen LogP) is 1.53. The molecule has 4 nitrogen and oxygen atoms in total. The molecule has 0 aromatic carbocycles. The van der Waals surface area contributed by atoms with Crippen molar-refractivity contribution in [3.63, 3.8) is 0 Å². The zero-order chi connectivity index (χ0) is 14.8. The van der Waals surface area contributed by atoms with E-state index in [4.69, 9.17) is 5.73 Å². The van der Waals surface area contributed by atoms with E-state index in [0.29, 0.717) is 13.1 Å². The molecular formula is C12H23ClF3N3O. The summed E-state index contributed by atoms with van der Waals surface area (Å²) < 4.78 is 36.2. The van der Waals surface area contributed by atoms with Gasteiger partial charge in [0.1, 0.15) is 6.54 Å². The number of carbonyl (C=O) groups is 1. The van der Waals surface area contributed by atoms with Gasteiger partial charge in [-0.05, 0) is 18.8 Å². The number of rotatable bonds is 3. The number of amides is 1. The summed E-state index contributed by atoms with van der Waals surface area (Å²) in [4.78, 5) is 13.6. The highest BCUT2D eigenvalue weighted by molar-refractivity contribution is 5.85. The topological polar surface area (TPSA) is 58.4 Å². The second kappa shape index (κ2) is 6.95. The van der Waals surface area contributed by atoms with Gasteiger partial charge >= 0.3 is 6.18 Å². The van der Waals surface area contributed by atoms with Crippen molar-refractivity contribution in [1.29, 1.82) is 0 Å². The highest BCUT2D eigenvalue weighted by Crippen LogP contribution is 2.28. The standard InChI is InChI=1S/C12H22F3N3O.ClH/c1-8(10(19)17-6-12(13,14)15)18-5-4-9(16)11(2,3)7-18;/h8-9H,4-7,16H2,1-3H3,(H,17,19);1H. The molecule has 120 valence electrons. The van der Waals surface area contributed by atoms with Gasteiger partial charge in [-0.3, -0.25) is 9.69 Å². The van der Waals surface area contributed by atoms with Gasteiger partial charge in [0.25, 0.3) is 0 Å². The van der Waals surface area contributed by atoms with Crippen LogP contribution in [0.4, 0.5) is 13.2 Å². The normalized spacial score (nSPS) is 24.6. The van der Waals surface area contributed by atoms with Crippen molar-refractivity contribution in [3.05, 3.63) is 0 Å². The molecule has 2 atom stereocenters. The van der Waals surface area contributed by atoms with Crippen LogP contribution in [0.3, 0.4) is 0 Å². The Kier molecular flexibility index (Phi) is 6.77. The van der Waals surface area contributed by atoms with Crippen LogP contribution in [0.25, 0.3) is 0 Å². The highest BCUT2D eigenvalue weighted by Gasteiger charge is 2.37. The Morgan fingerprint density at radius 2 is 2.05 bits per heavy atom. The van der Waals surface area contributed by atoms with Crippen LogP contribution < -0.4 is 11.1 Å². The van der Waals surface area contributed by atoms with Crippen molar-refractivity contribution >= 4 is 18.3 Å². The van der Waals surface area contributed by atoms with Crippen LogP contribution in [0, 0.1) is 5.41 Å². The van der Waals surface area contributed by atoms with E-state index in [1.165, 1.54) is 0 Å². The van der Waals surface area contributed by atoms with E-state index in [1.807, 2.05) is 24.1 Å². The first-order valence-corrected chi connectivity index (χ1v) is 6.37. The molecule has 0 bridgehead atoms. The molecule has 1 aliphatic rings. The van der Waals surface area contributed by atoms with E-state index < -0.39 is 24.7 Å². The van der Waals surface area contributed by atoms with E-state index in [-0.39, 0.29) is 23.9 Å². The smallest absolute Gasteiger partial charge is 0.346 e. The van der Waals surface area contributed by atoms with E-state index in [2.05, 4.69) is 0 Å². The molecule has 2 unspecified atom stereocenters. The third-order valence-electron chi connectivity index (χ3n) is 3.73. The number of carbonyl (C=O) groups excluding carboxylic acids is 1. The van der Waals surface area contributed by atoms with E-state index in [1.54, 1.807) is 6.92 Å². The van der Waals surface area contributed by atoms with E-state index >= 15 is 0 Å². The average Bonchev–Trinajstić information content (AvgIpc) is 2.27. The fraction of sp³-hybridized carbons (Fsp3) is 0.917. The number of piperidine rings is 1. The molecule has 8 heteroatoms. The lowest BCUT2D eigenvalue weighted by molar-refractivity contribution is -0.142. The first-order chi connectivity index (χ1) is 8.53. The van der Waals surface area contributed by atoms with Gasteiger partial charge in [-0.25, -0.2) is 0 Å². The largest absolute Gasteiger partial charge is 0.405 e. The zero-order valence-electron chi connectivity index (χ0n) is 12.0. The molecule has 0 spiro atoms. The van der Waals surface area contributed by atoms with E-state index in [0.717, 1.165) is 6.42 Å². The van der Waals surface area contributed by atoms with Crippen LogP contribution in [-0.4, -0.2) is 48.7 Å². The summed E-state index contributed by atoms with van der Waals surface area (Å²) in [5, 5.41) is 1.92. The maximum atomic E-state index is 12.1. The quantitative estimate of drug-likeness (QED) is 0.830. The SMILES string of the molecule is CC(C(=O)NCC(F)(F)F)N1CCC(N)C(C)(C)C1.Cl. The molecule has 1 amide bonds. The molecule has 3 N–H and O–H groups in total. The predicted molar refractivity (Wildman–Crippen MR) is 73.7 cm³/mol. The summed E-state index contributed by atoms with van der Waals surface area (Å²) in [7, 11) is 0. The zero-order valence-corrected chi connectivity index (χ0v) is 12.8. The van der Waals surface area contributed by atoms with Crippen molar-refractivity contribution in [3.8, 4) is 0 Å². The molecule has 1 rings (SSSR count). The Morgan fingerprint density at radius 3 is 2.50 bits per heavy atom. The number of likely N-dealkylation sites (tertiary alicyclic amines) is 1. The number of hydrogen-bond donors (Lipinski definition) is 2. The summed E-state index contributed by atoms with van der Waals surface area (Å²) >= 11 is 0. The van der Waals surface area contributed by atoms with Crippen LogP contribution in [0.5, 0.6) is 0 Å². The minimum absolute atomic E-state index is 0. The fourth-order valence-electron chi connectivity index (χ4n) is 2.25. The second-order valence-electron chi connectivity index (χ2n) is 5.86. The van der Waals surface area contributed by atoms with Crippen LogP contribution in [0.15, 0.2) is 0 Å². The second-order valence-corrected chi connectivity index (χ2v) is 5.86. The molecule has 1 fully saturated rings. The lowest BCUT2D eigenvalue weighted by Crippen LogP contribution is -2.57. The molecule has 0 radical (unpaired) electrons. The minimum atomic E-state index is -4.38. The third kappa shape index (κ3) is 5.46. The molecule has 1 aliphatic heterocycles. The molecule has 1 saturated heterocycles. The van der Waals surface area contributed by atoms with Crippen LogP contribution in [0.1, 0.15) is 27.2 Å². The van der Waals surface area contributed by atoms with Gasteiger partial charge in [0, 0.05) is 19.1 Å². The van der Waals surface area contributed by atoms with Crippen molar-refractivity contribution in [2.45, 2.75) is 45.5 Å². The lowest BCUT2D eigenvalue weighted by atomic mass is 9.79. The first kappa shape index (κ1) is 19.5. The average molecular weight is 318 g/mol. The minimum Gasteiger partial charge on any atom is -0.346 e. The molecular weight excluding hydrogens is 295 g/mol. The Morgan fingerprint density at radius 1 is 1.50 bits per heavy atom. The van der Waals surface area contributed by atoms with Crippen LogP contribution >= 0.6 is 12.4 Å². The van der Waals surface area contributed by atoms with Crippen LogP contribution in [-0.2, 0) is 4.79 Å². The number of alkyl halides is 3. The Labute approximate surface area is 123 Å². The maximum absolute atomic E-state index is 12.1. The molecule has 0 aromatic heterocycles. The van der Waals surface area contributed by atoms with Gasteiger partial charge in [-0.1, -0.05) is 13.8 Å². The number of nitrogens with one attached hydrogen (secondary N) is 1. The Bertz CT molecular complexity index is 336. The number of nitrogens with zero attached hydrogens (tertiary/aromatic N) is 1. The monoisotopic (exact) mass is 317 g/mol. The Balaban J connectivity index is 0.00000361. The van der Waals surface area contributed by atoms with Gasteiger partial charge in [0.2, 0.25) is 5.91 Å². The summed E-state index contributed by atoms with van der Waals surface area (Å²) in [6, 6.07) is -0.525.